The van der Waals surface area contributed by atoms with E-state index in [0.717, 1.165) is 23.0 Å². The van der Waals surface area contributed by atoms with Crippen molar-refractivity contribution in [1.29, 1.82) is 0 Å². The molecule has 0 fully saturated rings. The fourth-order valence-corrected chi connectivity index (χ4v) is 4.09. The predicted molar refractivity (Wildman–Crippen MR) is 129 cm³/mol. The molecule has 0 saturated carbocycles. The van der Waals surface area contributed by atoms with E-state index in [1.54, 1.807) is 23.9 Å². The van der Waals surface area contributed by atoms with Crippen molar-refractivity contribution in [3.63, 3.8) is 0 Å². The van der Waals surface area contributed by atoms with Crippen LogP contribution in [0.25, 0.3) is 5.69 Å². The van der Waals surface area contributed by atoms with E-state index in [0.29, 0.717) is 21.4 Å². The van der Waals surface area contributed by atoms with E-state index in [1.165, 1.54) is 5.56 Å². The van der Waals surface area contributed by atoms with Crippen LogP contribution >= 0.6 is 35.0 Å². The van der Waals surface area contributed by atoms with Crippen molar-refractivity contribution in [2.75, 3.05) is 5.75 Å². The Labute approximate surface area is 197 Å². The number of hydrogen-bond donors (Lipinski definition) is 1. The molecule has 0 radical (unpaired) electrons. The van der Waals surface area contributed by atoms with Gasteiger partial charge >= 0.3 is 0 Å². The summed E-state index contributed by atoms with van der Waals surface area (Å²) in [6.07, 6.45) is 1.01. The molecule has 0 bridgehead atoms. The first-order chi connectivity index (χ1) is 14.7. The summed E-state index contributed by atoms with van der Waals surface area (Å²) >= 11 is 13.9. The molecule has 164 valence electrons. The maximum Gasteiger partial charge on any atom is 0.251 e. The molecule has 2 aromatic carbocycles. The lowest BCUT2D eigenvalue weighted by atomic mass is 9.87. The van der Waals surface area contributed by atoms with E-state index in [4.69, 9.17) is 23.2 Å². The number of aromatic nitrogens is 3. The molecule has 0 aliphatic heterocycles. The van der Waals surface area contributed by atoms with Crippen LogP contribution in [0.1, 0.15) is 55.9 Å². The number of carbonyl (C=O) groups is 1. The predicted octanol–water partition coefficient (Wildman–Crippen LogP) is 6.30. The van der Waals surface area contributed by atoms with Crippen LogP contribution in [0.2, 0.25) is 10.0 Å². The van der Waals surface area contributed by atoms with Gasteiger partial charge in [0.2, 0.25) is 0 Å². The zero-order chi connectivity index (χ0) is 22.6. The standard InChI is InChI=1S/C23H26Cl2N4OS/c1-5-12-31-22-28-27-20(29(22)17-10-11-18(24)19(25)13-17)14-26-21(30)15-6-8-16(9-7-15)23(2,3)4/h6-11,13H,5,12,14H2,1-4H3,(H,26,30). The van der Waals surface area contributed by atoms with Crippen LogP contribution < -0.4 is 5.32 Å². The average Bonchev–Trinajstić information content (AvgIpc) is 3.14. The summed E-state index contributed by atoms with van der Waals surface area (Å²) in [5.41, 5.74) is 2.63. The van der Waals surface area contributed by atoms with Crippen molar-refractivity contribution < 1.29 is 4.79 Å². The van der Waals surface area contributed by atoms with Gasteiger partial charge in [0.15, 0.2) is 11.0 Å². The minimum atomic E-state index is -0.160. The quantitative estimate of drug-likeness (QED) is 0.406. The Morgan fingerprint density at radius 1 is 1.06 bits per heavy atom. The number of thioether (sulfide) groups is 1. The zero-order valence-corrected chi connectivity index (χ0v) is 20.4. The molecule has 1 amide bonds. The van der Waals surface area contributed by atoms with Crippen LogP contribution in [0, 0.1) is 0 Å². The highest BCUT2D eigenvalue weighted by Crippen LogP contribution is 2.28. The van der Waals surface area contributed by atoms with Gasteiger partial charge in [0.25, 0.3) is 5.91 Å². The molecule has 3 rings (SSSR count). The lowest BCUT2D eigenvalue weighted by Gasteiger charge is -2.19. The smallest absolute Gasteiger partial charge is 0.251 e. The van der Waals surface area contributed by atoms with Crippen molar-refractivity contribution in [3.05, 3.63) is 69.5 Å². The van der Waals surface area contributed by atoms with Crippen LogP contribution in [0.3, 0.4) is 0 Å². The van der Waals surface area contributed by atoms with Gasteiger partial charge in [-0.15, -0.1) is 10.2 Å². The van der Waals surface area contributed by atoms with E-state index >= 15 is 0 Å². The molecule has 0 unspecified atom stereocenters. The third kappa shape index (κ3) is 5.82. The van der Waals surface area contributed by atoms with Crippen molar-refractivity contribution in [2.24, 2.45) is 0 Å². The maximum atomic E-state index is 12.7. The van der Waals surface area contributed by atoms with Gasteiger partial charge in [-0.1, -0.05) is 74.8 Å². The number of rotatable bonds is 7. The number of nitrogens with one attached hydrogen (secondary N) is 1. The Hall–Kier alpha value is -2.02. The number of benzene rings is 2. The van der Waals surface area contributed by atoms with Crippen LogP contribution in [0.5, 0.6) is 0 Å². The third-order valence-corrected chi connectivity index (χ3v) is 6.59. The summed E-state index contributed by atoms with van der Waals surface area (Å²) < 4.78 is 1.91. The molecule has 5 nitrogen and oxygen atoms in total. The summed E-state index contributed by atoms with van der Waals surface area (Å²) in [7, 11) is 0. The van der Waals surface area contributed by atoms with Crippen molar-refractivity contribution in [3.8, 4) is 5.69 Å². The summed E-state index contributed by atoms with van der Waals surface area (Å²) in [6, 6.07) is 13.1. The molecule has 0 saturated heterocycles. The van der Waals surface area contributed by atoms with Gasteiger partial charge in [0, 0.05) is 11.3 Å². The molecule has 1 heterocycles. The lowest BCUT2D eigenvalue weighted by molar-refractivity contribution is 0.0949. The van der Waals surface area contributed by atoms with Crippen LogP contribution in [-0.2, 0) is 12.0 Å². The second kappa shape index (κ2) is 10.1. The average molecular weight is 477 g/mol. The largest absolute Gasteiger partial charge is 0.345 e. The fraction of sp³-hybridized carbons (Fsp3) is 0.348. The highest BCUT2D eigenvalue weighted by atomic mass is 35.5. The molecular formula is C23H26Cl2N4OS. The Bertz CT molecular complexity index is 1060. The number of carbonyl (C=O) groups excluding carboxylic acids is 1. The molecule has 0 aliphatic rings. The van der Waals surface area contributed by atoms with E-state index in [-0.39, 0.29) is 17.9 Å². The van der Waals surface area contributed by atoms with Gasteiger partial charge in [-0.3, -0.25) is 9.36 Å². The molecule has 0 atom stereocenters. The van der Waals surface area contributed by atoms with E-state index in [9.17, 15) is 4.79 Å². The summed E-state index contributed by atoms with van der Waals surface area (Å²) in [5.74, 6) is 1.37. The monoisotopic (exact) mass is 476 g/mol. The topological polar surface area (TPSA) is 59.8 Å². The number of nitrogens with zero attached hydrogens (tertiary/aromatic N) is 3. The Balaban J connectivity index is 1.81. The Kier molecular flexibility index (Phi) is 7.68. The molecular weight excluding hydrogens is 451 g/mol. The van der Waals surface area contributed by atoms with Crippen molar-refractivity contribution in [1.82, 2.24) is 20.1 Å². The maximum absolute atomic E-state index is 12.7. The molecule has 0 spiro atoms. The minimum Gasteiger partial charge on any atom is -0.345 e. The van der Waals surface area contributed by atoms with Crippen LogP contribution in [0.15, 0.2) is 47.6 Å². The summed E-state index contributed by atoms with van der Waals surface area (Å²) in [6.45, 7) is 8.78. The second-order valence-corrected chi connectivity index (χ2v) is 10.1. The van der Waals surface area contributed by atoms with E-state index < -0.39 is 0 Å². The normalized spacial score (nSPS) is 11.5. The summed E-state index contributed by atoms with van der Waals surface area (Å²) in [4.78, 5) is 12.7. The Morgan fingerprint density at radius 2 is 1.77 bits per heavy atom. The summed E-state index contributed by atoms with van der Waals surface area (Å²) in [5, 5.41) is 13.3. The molecule has 1 N–H and O–H groups in total. The first-order valence-electron chi connectivity index (χ1n) is 10.1. The number of amides is 1. The number of halogens is 2. The van der Waals surface area contributed by atoms with Gasteiger partial charge in [0.05, 0.1) is 22.3 Å². The first kappa shape index (κ1) is 23.6. The van der Waals surface area contributed by atoms with Crippen molar-refractivity contribution >= 4 is 40.9 Å². The molecule has 0 aliphatic carbocycles. The Morgan fingerprint density at radius 3 is 2.39 bits per heavy atom. The fourth-order valence-electron chi connectivity index (χ4n) is 2.97. The van der Waals surface area contributed by atoms with Gasteiger partial charge in [-0.05, 0) is 47.7 Å². The molecule has 8 heteroatoms. The highest BCUT2D eigenvalue weighted by molar-refractivity contribution is 7.99. The van der Waals surface area contributed by atoms with Gasteiger partial charge in [-0.2, -0.15) is 0 Å². The lowest BCUT2D eigenvalue weighted by Crippen LogP contribution is -2.25. The van der Waals surface area contributed by atoms with E-state index in [2.05, 4.69) is 43.2 Å². The number of hydrogen-bond acceptors (Lipinski definition) is 4. The highest BCUT2D eigenvalue weighted by Gasteiger charge is 2.17. The molecule has 1 aromatic heterocycles. The zero-order valence-electron chi connectivity index (χ0n) is 18.1. The SMILES string of the molecule is CCCSc1nnc(CNC(=O)c2ccc(C(C)(C)C)cc2)n1-c1ccc(Cl)c(Cl)c1. The van der Waals surface area contributed by atoms with E-state index in [1.807, 2.05) is 34.9 Å². The van der Waals surface area contributed by atoms with Gasteiger partial charge < -0.3 is 5.32 Å². The minimum absolute atomic E-state index is 0.0395. The first-order valence-corrected chi connectivity index (χ1v) is 11.9. The third-order valence-electron chi connectivity index (χ3n) is 4.72. The van der Waals surface area contributed by atoms with Gasteiger partial charge in [0.1, 0.15) is 0 Å². The molecule has 3 aromatic rings. The van der Waals surface area contributed by atoms with Gasteiger partial charge in [-0.25, -0.2) is 0 Å². The van der Waals surface area contributed by atoms with Crippen LogP contribution in [-0.4, -0.2) is 26.4 Å². The second-order valence-electron chi connectivity index (χ2n) is 8.19. The van der Waals surface area contributed by atoms with Crippen LogP contribution in [0.4, 0.5) is 0 Å². The molecule has 31 heavy (non-hydrogen) atoms. The van der Waals surface area contributed by atoms with Crippen molar-refractivity contribution in [2.45, 2.75) is 51.2 Å².